The number of carbonyl (C=O) groups is 1. The largest absolute Gasteiger partial charge is 0.366 e. The summed E-state index contributed by atoms with van der Waals surface area (Å²) in [5.74, 6) is -0.406. The van der Waals surface area contributed by atoms with Gasteiger partial charge in [-0.05, 0) is 35.7 Å². The number of hydrogen-bond acceptors (Lipinski definition) is 2. The van der Waals surface area contributed by atoms with Crippen molar-refractivity contribution < 1.29 is 4.79 Å². The molecule has 0 aliphatic carbocycles. The minimum atomic E-state index is -0.406. The summed E-state index contributed by atoms with van der Waals surface area (Å²) < 4.78 is 0. The zero-order valence-electron chi connectivity index (χ0n) is 12.1. The summed E-state index contributed by atoms with van der Waals surface area (Å²) in [6, 6.07) is 15.5. The van der Waals surface area contributed by atoms with E-state index in [2.05, 4.69) is 9.98 Å². The van der Waals surface area contributed by atoms with Gasteiger partial charge in [-0.15, -0.1) is 0 Å². The quantitative estimate of drug-likeness (QED) is 0.697. The lowest BCUT2D eigenvalue weighted by molar-refractivity contribution is 0.100. The number of benzene rings is 2. The highest BCUT2D eigenvalue weighted by Crippen LogP contribution is 2.20. The number of hydrogen-bond donors (Lipinski definition) is 2. The molecule has 0 spiro atoms. The van der Waals surface area contributed by atoms with Crippen molar-refractivity contribution in [3.8, 4) is 0 Å². The molecule has 1 amide bonds. The van der Waals surface area contributed by atoms with Crippen molar-refractivity contribution >= 4 is 23.0 Å². The average Bonchev–Trinajstić information content (AvgIpc) is 2.95. The SMILES string of the molecule is NC(=O)c1ccc2[nH]cc(CC/N=C/c3ccccc3)c2c1. The topological polar surface area (TPSA) is 71.2 Å². The number of nitrogens with one attached hydrogen (secondary N) is 1. The van der Waals surface area contributed by atoms with Crippen LogP contribution < -0.4 is 5.73 Å². The molecule has 0 atom stereocenters. The van der Waals surface area contributed by atoms with Crippen molar-refractivity contribution in [2.75, 3.05) is 6.54 Å². The number of aliphatic imine (C=N–C) groups is 1. The van der Waals surface area contributed by atoms with E-state index in [9.17, 15) is 4.79 Å². The summed E-state index contributed by atoms with van der Waals surface area (Å²) in [6.45, 7) is 0.697. The Morgan fingerprint density at radius 3 is 2.77 bits per heavy atom. The maximum Gasteiger partial charge on any atom is 0.248 e. The number of primary amides is 1. The number of H-pyrrole nitrogens is 1. The molecule has 4 heteroatoms. The summed E-state index contributed by atoms with van der Waals surface area (Å²) in [5, 5.41) is 1.03. The Bertz CT molecular complexity index is 819. The Hall–Kier alpha value is -2.88. The first-order chi connectivity index (χ1) is 10.7. The number of nitrogens with zero attached hydrogens (tertiary/aromatic N) is 1. The van der Waals surface area contributed by atoms with E-state index in [0.717, 1.165) is 28.5 Å². The predicted molar refractivity (Wildman–Crippen MR) is 89.4 cm³/mol. The van der Waals surface area contributed by atoms with Crippen LogP contribution in [0.1, 0.15) is 21.5 Å². The molecule has 3 rings (SSSR count). The van der Waals surface area contributed by atoms with Gasteiger partial charge in [0.1, 0.15) is 0 Å². The maximum absolute atomic E-state index is 11.3. The summed E-state index contributed by atoms with van der Waals surface area (Å²) in [4.78, 5) is 18.9. The smallest absolute Gasteiger partial charge is 0.248 e. The molecule has 0 bridgehead atoms. The highest BCUT2D eigenvalue weighted by Gasteiger charge is 2.06. The molecule has 0 unspecified atom stereocenters. The number of aromatic nitrogens is 1. The van der Waals surface area contributed by atoms with Crippen molar-refractivity contribution in [2.24, 2.45) is 10.7 Å². The average molecular weight is 291 g/mol. The molecular weight excluding hydrogens is 274 g/mol. The lowest BCUT2D eigenvalue weighted by Gasteiger charge is -1.99. The van der Waals surface area contributed by atoms with Crippen LogP contribution in [0.2, 0.25) is 0 Å². The first kappa shape index (κ1) is 14.1. The van der Waals surface area contributed by atoms with Gasteiger partial charge in [-0.2, -0.15) is 0 Å². The molecule has 1 aromatic heterocycles. The molecule has 0 saturated carbocycles. The summed E-state index contributed by atoms with van der Waals surface area (Å²) in [7, 11) is 0. The van der Waals surface area contributed by atoms with Crippen molar-refractivity contribution in [3.05, 3.63) is 71.4 Å². The minimum absolute atomic E-state index is 0.406. The first-order valence-electron chi connectivity index (χ1n) is 7.19. The molecule has 3 aromatic rings. The Morgan fingerprint density at radius 1 is 1.18 bits per heavy atom. The van der Waals surface area contributed by atoms with E-state index in [4.69, 9.17) is 5.73 Å². The summed E-state index contributed by atoms with van der Waals surface area (Å²) in [6.07, 6.45) is 4.66. The van der Waals surface area contributed by atoms with Gasteiger partial charge in [-0.1, -0.05) is 30.3 Å². The number of rotatable bonds is 5. The van der Waals surface area contributed by atoms with Gasteiger partial charge in [-0.25, -0.2) is 0 Å². The zero-order valence-corrected chi connectivity index (χ0v) is 12.1. The van der Waals surface area contributed by atoms with Crippen LogP contribution in [0.4, 0.5) is 0 Å². The Balaban J connectivity index is 1.72. The fourth-order valence-electron chi connectivity index (χ4n) is 2.43. The Labute approximate surface area is 128 Å². The van der Waals surface area contributed by atoms with Crippen molar-refractivity contribution in [3.63, 3.8) is 0 Å². The third-order valence-electron chi connectivity index (χ3n) is 3.60. The molecule has 4 nitrogen and oxygen atoms in total. The molecule has 22 heavy (non-hydrogen) atoms. The van der Waals surface area contributed by atoms with Crippen molar-refractivity contribution in [1.29, 1.82) is 0 Å². The van der Waals surface area contributed by atoms with Crippen LogP contribution in [0.3, 0.4) is 0 Å². The van der Waals surface area contributed by atoms with E-state index < -0.39 is 5.91 Å². The van der Waals surface area contributed by atoms with Gasteiger partial charge in [0.2, 0.25) is 5.91 Å². The molecular formula is C18H17N3O. The van der Waals surface area contributed by atoms with Gasteiger partial charge in [0.25, 0.3) is 0 Å². The number of amides is 1. The fraction of sp³-hybridized carbons (Fsp3) is 0.111. The monoisotopic (exact) mass is 291 g/mol. The molecule has 0 aliphatic rings. The van der Waals surface area contributed by atoms with Crippen LogP contribution in [0.15, 0.2) is 59.7 Å². The highest BCUT2D eigenvalue weighted by atomic mass is 16.1. The molecule has 0 saturated heterocycles. The second-order valence-electron chi connectivity index (χ2n) is 5.13. The van der Waals surface area contributed by atoms with Gasteiger partial charge >= 0.3 is 0 Å². The van der Waals surface area contributed by atoms with E-state index in [1.165, 1.54) is 0 Å². The van der Waals surface area contributed by atoms with Crippen molar-refractivity contribution in [2.45, 2.75) is 6.42 Å². The summed E-state index contributed by atoms with van der Waals surface area (Å²) in [5.41, 5.74) is 9.11. The van der Waals surface area contributed by atoms with E-state index >= 15 is 0 Å². The van der Waals surface area contributed by atoms with Crippen LogP contribution in [0, 0.1) is 0 Å². The van der Waals surface area contributed by atoms with Crippen LogP contribution in [0.5, 0.6) is 0 Å². The van der Waals surface area contributed by atoms with Crippen LogP contribution >= 0.6 is 0 Å². The number of nitrogens with two attached hydrogens (primary N) is 1. The third-order valence-corrected chi connectivity index (χ3v) is 3.60. The number of fused-ring (bicyclic) bond motifs is 1. The highest BCUT2D eigenvalue weighted by molar-refractivity contribution is 5.97. The molecule has 0 radical (unpaired) electrons. The summed E-state index contributed by atoms with van der Waals surface area (Å²) >= 11 is 0. The minimum Gasteiger partial charge on any atom is -0.366 e. The normalized spacial score (nSPS) is 11.3. The number of aromatic amines is 1. The molecule has 110 valence electrons. The predicted octanol–water partition coefficient (Wildman–Crippen LogP) is 2.93. The van der Waals surface area contributed by atoms with E-state index in [-0.39, 0.29) is 0 Å². The van der Waals surface area contributed by atoms with Gasteiger partial charge in [-0.3, -0.25) is 9.79 Å². The zero-order chi connectivity index (χ0) is 15.4. The Kier molecular flexibility index (Phi) is 4.01. The lowest BCUT2D eigenvalue weighted by atomic mass is 10.1. The van der Waals surface area contributed by atoms with Crippen LogP contribution in [0.25, 0.3) is 10.9 Å². The lowest BCUT2D eigenvalue weighted by Crippen LogP contribution is -2.10. The van der Waals surface area contributed by atoms with Crippen molar-refractivity contribution in [1.82, 2.24) is 4.98 Å². The van der Waals surface area contributed by atoms with E-state index in [0.29, 0.717) is 12.1 Å². The van der Waals surface area contributed by atoms with Crippen LogP contribution in [-0.4, -0.2) is 23.7 Å². The molecule has 0 fully saturated rings. The second kappa shape index (κ2) is 6.26. The van der Waals surface area contributed by atoms with Crippen LogP contribution in [-0.2, 0) is 6.42 Å². The van der Waals surface area contributed by atoms with Gasteiger partial charge in [0, 0.05) is 35.4 Å². The van der Waals surface area contributed by atoms with E-state index in [1.807, 2.05) is 54.9 Å². The maximum atomic E-state index is 11.3. The van der Waals surface area contributed by atoms with E-state index in [1.54, 1.807) is 6.07 Å². The standard InChI is InChI=1S/C18H17N3O/c19-18(22)14-6-7-17-16(10-14)15(12-21-17)8-9-20-11-13-4-2-1-3-5-13/h1-7,10-12,21H,8-9H2,(H2,19,22)/b20-11+. The third kappa shape index (κ3) is 3.06. The first-order valence-corrected chi connectivity index (χ1v) is 7.19. The van der Waals surface area contributed by atoms with Gasteiger partial charge in [0.05, 0.1) is 0 Å². The van der Waals surface area contributed by atoms with Gasteiger partial charge in [0.15, 0.2) is 0 Å². The molecule has 2 aromatic carbocycles. The molecule has 0 aliphatic heterocycles. The Morgan fingerprint density at radius 2 is 2.00 bits per heavy atom. The number of carbonyl (C=O) groups excluding carboxylic acids is 1. The fourth-order valence-corrected chi connectivity index (χ4v) is 2.43. The second-order valence-corrected chi connectivity index (χ2v) is 5.13. The molecule has 1 heterocycles. The van der Waals surface area contributed by atoms with Gasteiger partial charge < -0.3 is 10.7 Å². The molecule has 3 N–H and O–H groups in total.